The molecule has 6 nitrogen and oxygen atoms in total. The van der Waals surface area contributed by atoms with Crippen LogP contribution >= 0.6 is 11.3 Å². The SMILES string of the molecule is CC(=O)Nc1nc(F)c(CN2CCCC3(C2)OCc2cnccc23)s1. The molecule has 0 radical (unpaired) electrons. The first kappa shape index (κ1) is 16.6. The Morgan fingerprint density at radius 1 is 1.56 bits per heavy atom. The molecule has 1 saturated heterocycles. The Labute approximate surface area is 149 Å². The molecule has 2 aromatic rings. The Morgan fingerprint density at radius 3 is 3.28 bits per heavy atom. The maximum atomic E-state index is 14.1. The fourth-order valence-electron chi connectivity index (χ4n) is 3.70. The predicted octanol–water partition coefficient (Wildman–Crippen LogP) is 2.66. The van der Waals surface area contributed by atoms with E-state index in [9.17, 15) is 9.18 Å². The van der Waals surface area contributed by atoms with Gasteiger partial charge in [0.2, 0.25) is 11.9 Å². The lowest BCUT2D eigenvalue weighted by atomic mass is 9.85. The van der Waals surface area contributed by atoms with Gasteiger partial charge < -0.3 is 10.1 Å². The lowest BCUT2D eigenvalue weighted by molar-refractivity contribution is -0.114. The number of piperidine rings is 1. The summed E-state index contributed by atoms with van der Waals surface area (Å²) in [4.78, 5) is 21.8. The van der Waals surface area contributed by atoms with Gasteiger partial charge >= 0.3 is 0 Å². The van der Waals surface area contributed by atoms with Gasteiger partial charge in [-0.25, -0.2) is 0 Å². The molecule has 1 amide bonds. The zero-order valence-corrected chi connectivity index (χ0v) is 14.7. The van der Waals surface area contributed by atoms with Crippen LogP contribution in [0.3, 0.4) is 0 Å². The van der Waals surface area contributed by atoms with Crippen LogP contribution in [0.1, 0.15) is 35.8 Å². The summed E-state index contributed by atoms with van der Waals surface area (Å²) >= 11 is 1.19. The minimum Gasteiger partial charge on any atom is -0.364 e. The van der Waals surface area contributed by atoms with Crippen molar-refractivity contribution in [2.75, 3.05) is 18.4 Å². The summed E-state index contributed by atoms with van der Waals surface area (Å²) < 4.78 is 20.3. The minimum absolute atomic E-state index is 0.248. The van der Waals surface area contributed by atoms with Crippen molar-refractivity contribution in [1.29, 1.82) is 0 Å². The van der Waals surface area contributed by atoms with Gasteiger partial charge in [-0.2, -0.15) is 9.37 Å². The third kappa shape index (κ3) is 3.17. The highest BCUT2D eigenvalue weighted by atomic mass is 32.1. The summed E-state index contributed by atoms with van der Waals surface area (Å²) in [6.45, 7) is 4.04. The molecular formula is C17H19FN4O2S. The molecule has 1 unspecified atom stereocenters. The molecule has 2 aliphatic heterocycles. The van der Waals surface area contributed by atoms with Gasteiger partial charge in [-0.3, -0.25) is 14.7 Å². The number of carbonyl (C=O) groups is 1. The van der Waals surface area contributed by atoms with Crippen molar-refractivity contribution in [3.05, 3.63) is 40.4 Å². The molecule has 2 aromatic heterocycles. The van der Waals surface area contributed by atoms with Crippen LogP contribution in [0.25, 0.3) is 0 Å². The minimum atomic E-state index is -0.509. The fraction of sp³-hybridized carbons (Fsp3) is 0.471. The van der Waals surface area contributed by atoms with E-state index < -0.39 is 5.95 Å². The molecule has 132 valence electrons. The molecular weight excluding hydrogens is 343 g/mol. The number of thiazole rings is 1. The van der Waals surface area contributed by atoms with Crippen molar-refractivity contribution in [2.24, 2.45) is 0 Å². The molecule has 1 atom stereocenters. The molecule has 2 aliphatic rings. The second-order valence-electron chi connectivity index (χ2n) is 6.54. The Hall–Kier alpha value is -1.90. The number of halogens is 1. The second-order valence-corrected chi connectivity index (χ2v) is 7.63. The van der Waals surface area contributed by atoms with Crippen LogP contribution in [0.15, 0.2) is 18.5 Å². The van der Waals surface area contributed by atoms with Crippen LogP contribution in [0.5, 0.6) is 0 Å². The summed E-state index contributed by atoms with van der Waals surface area (Å²) in [6.07, 6.45) is 5.62. The van der Waals surface area contributed by atoms with Crippen molar-refractivity contribution in [3.8, 4) is 0 Å². The van der Waals surface area contributed by atoms with Crippen LogP contribution < -0.4 is 5.32 Å². The highest BCUT2D eigenvalue weighted by Crippen LogP contribution is 2.43. The molecule has 0 saturated carbocycles. The third-order valence-corrected chi connectivity index (χ3v) is 5.66. The smallest absolute Gasteiger partial charge is 0.230 e. The van der Waals surface area contributed by atoms with E-state index in [0.29, 0.717) is 23.2 Å². The molecule has 0 aliphatic carbocycles. The molecule has 0 aromatic carbocycles. The van der Waals surface area contributed by atoms with Gasteiger partial charge in [0.15, 0.2) is 5.13 Å². The van der Waals surface area contributed by atoms with E-state index in [4.69, 9.17) is 4.74 Å². The lowest BCUT2D eigenvalue weighted by Gasteiger charge is -2.40. The lowest BCUT2D eigenvalue weighted by Crippen LogP contribution is -2.45. The maximum Gasteiger partial charge on any atom is 0.230 e. The number of amides is 1. The van der Waals surface area contributed by atoms with Crippen LogP contribution in [0, 0.1) is 5.95 Å². The highest BCUT2D eigenvalue weighted by molar-refractivity contribution is 7.15. The van der Waals surface area contributed by atoms with Crippen molar-refractivity contribution in [1.82, 2.24) is 14.9 Å². The van der Waals surface area contributed by atoms with E-state index in [-0.39, 0.29) is 11.5 Å². The number of ether oxygens (including phenoxy) is 1. The Bertz CT molecular complexity index is 808. The number of carbonyl (C=O) groups excluding carboxylic acids is 1. The maximum absolute atomic E-state index is 14.1. The van der Waals surface area contributed by atoms with Gasteiger partial charge in [-0.05, 0) is 31.0 Å². The van der Waals surface area contributed by atoms with Crippen LogP contribution in [-0.2, 0) is 28.3 Å². The largest absolute Gasteiger partial charge is 0.364 e. The Balaban J connectivity index is 1.51. The number of fused-ring (bicyclic) bond motifs is 2. The standard InChI is InChI=1S/C17H19FN4O2S/c1-11(23)20-16-21-15(18)14(25-16)8-22-6-2-4-17(10-22)13-3-5-19-7-12(13)9-24-17/h3,5,7H,2,4,6,8-10H2,1H3,(H,20,21,23). The van der Waals surface area contributed by atoms with Crippen molar-refractivity contribution in [3.63, 3.8) is 0 Å². The van der Waals surface area contributed by atoms with Crippen molar-refractivity contribution in [2.45, 2.75) is 38.5 Å². The second kappa shape index (κ2) is 6.44. The zero-order valence-electron chi connectivity index (χ0n) is 13.9. The van der Waals surface area contributed by atoms with E-state index in [1.807, 2.05) is 12.3 Å². The van der Waals surface area contributed by atoms with Crippen molar-refractivity contribution >= 4 is 22.4 Å². The molecule has 8 heteroatoms. The normalized spacial score (nSPS) is 23.0. The summed E-state index contributed by atoms with van der Waals surface area (Å²) in [5, 5.41) is 2.85. The summed E-state index contributed by atoms with van der Waals surface area (Å²) in [5.41, 5.74) is 2.02. The zero-order chi connectivity index (χ0) is 17.4. The monoisotopic (exact) mass is 362 g/mol. The van der Waals surface area contributed by atoms with E-state index in [0.717, 1.165) is 31.5 Å². The molecule has 1 fully saturated rings. The Kier molecular flexibility index (Phi) is 4.26. The summed E-state index contributed by atoms with van der Waals surface area (Å²) in [6, 6.07) is 2.04. The van der Waals surface area contributed by atoms with Gasteiger partial charge in [-0.15, -0.1) is 0 Å². The van der Waals surface area contributed by atoms with Gasteiger partial charge in [0.05, 0.1) is 11.5 Å². The number of hydrogen-bond donors (Lipinski definition) is 1. The number of aromatic nitrogens is 2. The number of rotatable bonds is 3. The number of pyridine rings is 1. The fourth-order valence-corrected chi connectivity index (χ4v) is 4.63. The highest BCUT2D eigenvalue weighted by Gasteiger charge is 2.43. The first-order valence-electron chi connectivity index (χ1n) is 8.28. The number of nitrogens with zero attached hydrogens (tertiary/aromatic N) is 3. The van der Waals surface area contributed by atoms with Crippen LogP contribution in [-0.4, -0.2) is 33.9 Å². The van der Waals surface area contributed by atoms with E-state index in [2.05, 4.69) is 20.2 Å². The molecule has 4 rings (SSSR count). The van der Waals surface area contributed by atoms with E-state index in [1.54, 1.807) is 6.20 Å². The van der Waals surface area contributed by atoms with Gasteiger partial charge in [0.1, 0.15) is 5.60 Å². The van der Waals surface area contributed by atoms with E-state index >= 15 is 0 Å². The molecule has 25 heavy (non-hydrogen) atoms. The topological polar surface area (TPSA) is 67.4 Å². The average Bonchev–Trinajstić information content (AvgIpc) is 3.09. The average molecular weight is 362 g/mol. The quantitative estimate of drug-likeness (QED) is 0.909. The predicted molar refractivity (Wildman–Crippen MR) is 91.6 cm³/mol. The van der Waals surface area contributed by atoms with Crippen LogP contribution in [0.2, 0.25) is 0 Å². The summed E-state index contributed by atoms with van der Waals surface area (Å²) in [7, 11) is 0. The first-order valence-corrected chi connectivity index (χ1v) is 9.10. The molecule has 1 spiro atoms. The first-order chi connectivity index (χ1) is 12.1. The van der Waals surface area contributed by atoms with Gasteiger partial charge in [0, 0.05) is 38.0 Å². The number of hydrogen-bond acceptors (Lipinski definition) is 6. The molecule has 4 heterocycles. The number of likely N-dealkylation sites (tertiary alicyclic amines) is 1. The third-order valence-electron chi connectivity index (χ3n) is 4.73. The van der Waals surface area contributed by atoms with Crippen molar-refractivity contribution < 1.29 is 13.9 Å². The van der Waals surface area contributed by atoms with E-state index in [1.165, 1.54) is 23.8 Å². The van der Waals surface area contributed by atoms with Gasteiger partial charge in [-0.1, -0.05) is 11.3 Å². The van der Waals surface area contributed by atoms with Crippen LogP contribution in [0.4, 0.5) is 9.52 Å². The number of nitrogens with one attached hydrogen (secondary N) is 1. The Morgan fingerprint density at radius 2 is 2.44 bits per heavy atom. The molecule has 0 bridgehead atoms. The van der Waals surface area contributed by atoms with Gasteiger partial charge in [0.25, 0.3) is 0 Å². The number of anilines is 1. The molecule has 1 N–H and O–H groups in total. The summed E-state index contributed by atoms with van der Waals surface area (Å²) in [5.74, 6) is -0.757.